The minimum atomic E-state index is -0.0410. The Balaban J connectivity index is 1.23. The molecule has 5 aliphatic rings. The van der Waals surface area contributed by atoms with E-state index in [-0.39, 0.29) is 18.0 Å². The molecular formula is C44H34N4. The number of anilines is 3. The second-order valence-electron chi connectivity index (χ2n) is 13.2. The van der Waals surface area contributed by atoms with E-state index in [0.717, 1.165) is 29.8 Å². The number of allylic oxidation sites excluding steroid dienone is 6. The molecule has 3 aliphatic carbocycles. The van der Waals surface area contributed by atoms with E-state index in [9.17, 15) is 10.5 Å². The van der Waals surface area contributed by atoms with Gasteiger partial charge in [0.15, 0.2) is 0 Å². The average Bonchev–Trinajstić information content (AvgIpc) is 3.67. The smallest absolute Gasteiger partial charge is 0.101 e. The summed E-state index contributed by atoms with van der Waals surface area (Å²) in [6, 6.07) is 37.2. The summed E-state index contributed by atoms with van der Waals surface area (Å²) in [6.45, 7) is 0. The lowest BCUT2D eigenvalue weighted by Crippen LogP contribution is -2.35. The van der Waals surface area contributed by atoms with Crippen LogP contribution >= 0.6 is 0 Å². The van der Waals surface area contributed by atoms with Crippen molar-refractivity contribution >= 4 is 22.6 Å². The molecule has 0 saturated heterocycles. The van der Waals surface area contributed by atoms with Crippen molar-refractivity contribution in [2.75, 3.05) is 9.80 Å². The van der Waals surface area contributed by atoms with E-state index in [1.54, 1.807) is 0 Å². The first-order chi connectivity index (χ1) is 23.8. The van der Waals surface area contributed by atoms with Gasteiger partial charge in [0.05, 0.1) is 35.1 Å². The van der Waals surface area contributed by atoms with Crippen molar-refractivity contribution in [3.05, 3.63) is 167 Å². The first-order valence-electron chi connectivity index (χ1n) is 17.0. The van der Waals surface area contributed by atoms with E-state index in [0.29, 0.717) is 17.1 Å². The molecule has 4 nitrogen and oxygen atoms in total. The summed E-state index contributed by atoms with van der Waals surface area (Å²) in [6.07, 6.45) is 20.0. The molecule has 4 unspecified atom stereocenters. The van der Waals surface area contributed by atoms with Gasteiger partial charge in [-0.25, -0.2) is 0 Å². The Kier molecular flexibility index (Phi) is 6.77. The highest BCUT2D eigenvalue weighted by molar-refractivity contribution is 5.96. The maximum atomic E-state index is 10.2. The van der Waals surface area contributed by atoms with Crippen molar-refractivity contribution in [3.63, 3.8) is 0 Å². The van der Waals surface area contributed by atoms with Crippen LogP contribution in [0.1, 0.15) is 59.8 Å². The lowest BCUT2D eigenvalue weighted by molar-refractivity contribution is 0.614. The van der Waals surface area contributed by atoms with Gasteiger partial charge in [0.25, 0.3) is 0 Å². The van der Waals surface area contributed by atoms with Crippen LogP contribution in [-0.2, 0) is 0 Å². The molecule has 0 fully saturated rings. The second-order valence-corrected chi connectivity index (χ2v) is 13.2. The molecule has 4 aromatic carbocycles. The molecule has 48 heavy (non-hydrogen) atoms. The van der Waals surface area contributed by atoms with E-state index in [1.807, 2.05) is 30.3 Å². The van der Waals surface area contributed by atoms with Crippen molar-refractivity contribution in [1.29, 1.82) is 10.5 Å². The third kappa shape index (κ3) is 4.27. The van der Waals surface area contributed by atoms with Gasteiger partial charge >= 0.3 is 0 Å². The summed E-state index contributed by atoms with van der Waals surface area (Å²) >= 11 is 0. The Morgan fingerprint density at radius 3 is 2.38 bits per heavy atom. The van der Waals surface area contributed by atoms with Crippen LogP contribution in [0, 0.1) is 22.7 Å². The Morgan fingerprint density at radius 1 is 0.729 bits per heavy atom. The Bertz CT molecular complexity index is 2220. The molecule has 0 N–H and O–H groups in total. The maximum Gasteiger partial charge on any atom is 0.101 e. The van der Waals surface area contributed by atoms with Crippen LogP contribution in [0.2, 0.25) is 0 Å². The predicted molar refractivity (Wildman–Crippen MR) is 194 cm³/mol. The Hall–Kier alpha value is -5.84. The highest BCUT2D eigenvalue weighted by Crippen LogP contribution is 2.55. The van der Waals surface area contributed by atoms with Gasteiger partial charge in [0.2, 0.25) is 0 Å². The lowest BCUT2D eigenvalue weighted by Gasteiger charge is -2.37. The Morgan fingerprint density at radius 2 is 1.50 bits per heavy atom. The van der Waals surface area contributed by atoms with Crippen molar-refractivity contribution in [1.82, 2.24) is 0 Å². The van der Waals surface area contributed by atoms with Gasteiger partial charge in [-0.05, 0) is 77.8 Å². The van der Waals surface area contributed by atoms with E-state index in [1.165, 1.54) is 52.1 Å². The van der Waals surface area contributed by atoms with E-state index >= 15 is 0 Å². The zero-order valence-electron chi connectivity index (χ0n) is 26.6. The fourth-order valence-electron chi connectivity index (χ4n) is 8.82. The molecule has 4 aromatic rings. The molecule has 0 amide bonds. The van der Waals surface area contributed by atoms with Crippen LogP contribution in [0.5, 0.6) is 0 Å². The van der Waals surface area contributed by atoms with Crippen LogP contribution < -0.4 is 9.80 Å². The van der Waals surface area contributed by atoms with Crippen LogP contribution in [0.3, 0.4) is 0 Å². The number of hydrogen-bond acceptors (Lipinski definition) is 4. The summed E-state index contributed by atoms with van der Waals surface area (Å²) in [5.41, 5.74) is 13.6. The minimum absolute atomic E-state index is 0.000590. The average molecular weight is 619 g/mol. The maximum absolute atomic E-state index is 10.2. The van der Waals surface area contributed by atoms with Crippen molar-refractivity contribution in [2.24, 2.45) is 0 Å². The van der Waals surface area contributed by atoms with Gasteiger partial charge in [-0.2, -0.15) is 10.5 Å². The molecule has 0 saturated carbocycles. The molecule has 0 aromatic heterocycles. The van der Waals surface area contributed by atoms with Crippen molar-refractivity contribution in [3.8, 4) is 23.3 Å². The molecular weight excluding hydrogens is 585 g/mol. The van der Waals surface area contributed by atoms with Crippen molar-refractivity contribution in [2.45, 2.75) is 49.6 Å². The largest absolute Gasteiger partial charge is 0.337 e. The summed E-state index contributed by atoms with van der Waals surface area (Å²) in [7, 11) is 0. The standard InChI is InChI=1S/C44H34N4/c45-27-29-24-25-43-38(26-29)37-19-11-18-36(44(37)48(43)39-20-7-1-12-30(39)28-46)32-14-3-2-13-31(32)33-15-4-8-21-40(33)47-41-22-9-5-16-34(41)35-17-6-10-23-42(35)47/h1-5,7-9,11-16,18-20,22-26,35,38,40,43H,6,10,17,21H2. The van der Waals surface area contributed by atoms with Gasteiger partial charge < -0.3 is 9.80 Å². The lowest BCUT2D eigenvalue weighted by atomic mass is 9.84. The van der Waals surface area contributed by atoms with Gasteiger partial charge in [0.1, 0.15) is 6.07 Å². The summed E-state index contributed by atoms with van der Waals surface area (Å²) in [5.74, 6) is 0.464. The second kappa shape index (κ2) is 11.4. The molecule has 0 bridgehead atoms. The summed E-state index contributed by atoms with van der Waals surface area (Å²) in [4.78, 5) is 4.98. The normalized spacial score (nSPS) is 23.2. The molecule has 2 heterocycles. The Labute approximate surface area is 282 Å². The van der Waals surface area contributed by atoms with E-state index < -0.39 is 0 Å². The molecule has 2 aliphatic heterocycles. The van der Waals surface area contributed by atoms with Crippen molar-refractivity contribution < 1.29 is 0 Å². The molecule has 4 heteroatoms. The number of rotatable bonds is 4. The van der Waals surface area contributed by atoms with E-state index in [4.69, 9.17) is 0 Å². The monoisotopic (exact) mass is 618 g/mol. The van der Waals surface area contributed by atoms with Gasteiger partial charge in [-0.3, -0.25) is 0 Å². The molecule has 9 rings (SSSR count). The number of para-hydroxylation sites is 3. The first kappa shape index (κ1) is 28.4. The zero-order chi connectivity index (χ0) is 32.2. The molecule has 0 spiro atoms. The fraction of sp³-hybridized carbons (Fsp3) is 0.182. The number of nitriles is 2. The highest BCUT2D eigenvalue weighted by atomic mass is 15.2. The number of benzene rings is 4. The molecule has 0 radical (unpaired) electrons. The highest BCUT2D eigenvalue weighted by Gasteiger charge is 2.42. The SMILES string of the molecule is N#CC1=CC2c3cccc(-c4ccccc4C4=CC=CCC4N4C5=CCCCC5c5ccccc54)c3N(c3ccccc3C#N)C2C=C1. The van der Waals surface area contributed by atoms with Crippen LogP contribution in [-0.4, -0.2) is 12.1 Å². The van der Waals surface area contributed by atoms with Crippen LogP contribution in [0.15, 0.2) is 145 Å². The molecule has 230 valence electrons. The van der Waals surface area contributed by atoms with E-state index in [2.05, 4.69) is 125 Å². The summed E-state index contributed by atoms with van der Waals surface area (Å²) in [5, 5.41) is 20.1. The summed E-state index contributed by atoms with van der Waals surface area (Å²) < 4.78 is 0. The van der Waals surface area contributed by atoms with Gasteiger partial charge in [0, 0.05) is 34.4 Å². The van der Waals surface area contributed by atoms with Gasteiger partial charge in [-0.1, -0.05) is 109 Å². The topological polar surface area (TPSA) is 54.1 Å². The first-order valence-corrected chi connectivity index (χ1v) is 17.0. The fourth-order valence-corrected chi connectivity index (χ4v) is 8.82. The molecule has 4 atom stereocenters. The number of nitrogens with zero attached hydrogens (tertiary/aromatic N) is 4. The third-order valence-corrected chi connectivity index (χ3v) is 10.8. The number of hydrogen-bond donors (Lipinski definition) is 0. The zero-order valence-corrected chi connectivity index (χ0v) is 26.6. The van der Waals surface area contributed by atoms with Crippen LogP contribution in [0.4, 0.5) is 17.1 Å². The van der Waals surface area contributed by atoms with Gasteiger partial charge in [-0.15, -0.1) is 0 Å². The number of fused-ring (bicyclic) bond motifs is 6. The van der Waals surface area contributed by atoms with Crippen LogP contribution in [0.25, 0.3) is 16.7 Å². The predicted octanol–water partition coefficient (Wildman–Crippen LogP) is 10.2. The minimum Gasteiger partial charge on any atom is -0.337 e. The quantitative estimate of drug-likeness (QED) is 0.228. The third-order valence-electron chi connectivity index (χ3n) is 10.8.